The van der Waals surface area contributed by atoms with Crippen molar-refractivity contribution in [2.45, 2.75) is 19.3 Å². The van der Waals surface area contributed by atoms with Crippen molar-refractivity contribution in [3.05, 3.63) is 77.5 Å². The van der Waals surface area contributed by atoms with Gasteiger partial charge in [-0.05, 0) is 41.2 Å². The van der Waals surface area contributed by atoms with E-state index in [-0.39, 0.29) is 5.69 Å². The van der Waals surface area contributed by atoms with Gasteiger partial charge in [-0.2, -0.15) is 0 Å². The predicted molar refractivity (Wildman–Crippen MR) is 108 cm³/mol. The largest absolute Gasteiger partial charge is 0.396 e. The van der Waals surface area contributed by atoms with E-state index in [9.17, 15) is 4.79 Å². The fourth-order valence-electron chi connectivity index (χ4n) is 3.47. The Hall–Kier alpha value is -3.47. The first-order chi connectivity index (χ1) is 13.1. The standard InChI is InChI=1S/C22H20N4O/c23-19-18-10-4-9-16(20(18)25-26-21(19)22(24)27)8-3-5-14-11-12-15-6-1-2-7-17(15)13-14/h1-2,4,6-7,9-13H,3,5,8H2,(H2,23,25)(H2,24,27). The van der Waals surface area contributed by atoms with Gasteiger partial charge in [0.1, 0.15) is 0 Å². The second-order valence-electron chi connectivity index (χ2n) is 6.67. The number of hydrogen-bond acceptors (Lipinski definition) is 4. The number of rotatable bonds is 5. The van der Waals surface area contributed by atoms with E-state index in [0.717, 1.165) is 35.7 Å². The fourth-order valence-corrected chi connectivity index (χ4v) is 3.47. The van der Waals surface area contributed by atoms with E-state index < -0.39 is 5.91 Å². The molecule has 4 aromatic rings. The number of anilines is 1. The third-order valence-electron chi connectivity index (χ3n) is 4.87. The van der Waals surface area contributed by atoms with Gasteiger partial charge in [-0.15, -0.1) is 10.2 Å². The first-order valence-corrected chi connectivity index (χ1v) is 8.95. The molecule has 0 fully saturated rings. The van der Waals surface area contributed by atoms with E-state index in [2.05, 4.69) is 52.7 Å². The Kier molecular flexibility index (Phi) is 4.42. The van der Waals surface area contributed by atoms with Crippen molar-refractivity contribution in [1.82, 2.24) is 10.2 Å². The lowest BCUT2D eigenvalue weighted by Crippen LogP contribution is -2.17. The number of aryl methyl sites for hydroxylation is 2. The first kappa shape index (κ1) is 17.0. The molecule has 0 atom stereocenters. The normalized spacial score (nSPS) is 11.1. The number of hydrogen-bond donors (Lipinski definition) is 2. The van der Waals surface area contributed by atoms with Gasteiger partial charge in [0.2, 0.25) is 0 Å². The summed E-state index contributed by atoms with van der Waals surface area (Å²) in [6.07, 6.45) is 2.81. The summed E-state index contributed by atoms with van der Waals surface area (Å²) in [5, 5.41) is 11.4. The number of nitrogens with two attached hydrogens (primary N) is 2. The van der Waals surface area contributed by atoms with Gasteiger partial charge in [-0.1, -0.05) is 60.7 Å². The summed E-state index contributed by atoms with van der Waals surface area (Å²) in [7, 11) is 0. The Bertz CT molecular complexity index is 1150. The number of primary amides is 1. The van der Waals surface area contributed by atoms with Gasteiger partial charge in [-0.25, -0.2) is 0 Å². The van der Waals surface area contributed by atoms with E-state index in [4.69, 9.17) is 11.5 Å². The average Bonchev–Trinajstić information content (AvgIpc) is 2.68. The average molecular weight is 356 g/mol. The maximum absolute atomic E-state index is 11.4. The minimum Gasteiger partial charge on any atom is -0.396 e. The van der Waals surface area contributed by atoms with Crippen LogP contribution in [-0.2, 0) is 12.8 Å². The number of carbonyl (C=O) groups excluding carboxylic acids is 1. The summed E-state index contributed by atoms with van der Waals surface area (Å²) in [5.41, 5.74) is 14.8. The molecule has 134 valence electrons. The minimum absolute atomic E-state index is 0.0239. The summed E-state index contributed by atoms with van der Waals surface area (Å²) >= 11 is 0. The van der Waals surface area contributed by atoms with Crippen molar-refractivity contribution in [1.29, 1.82) is 0 Å². The molecule has 5 nitrogen and oxygen atoms in total. The number of carbonyl (C=O) groups is 1. The van der Waals surface area contributed by atoms with Crippen molar-refractivity contribution < 1.29 is 4.79 Å². The van der Waals surface area contributed by atoms with Crippen molar-refractivity contribution in [2.75, 3.05) is 5.73 Å². The van der Waals surface area contributed by atoms with Gasteiger partial charge in [0.05, 0.1) is 11.2 Å². The summed E-state index contributed by atoms with van der Waals surface area (Å²) < 4.78 is 0. The van der Waals surface area contributed by atoms with Crippen LogP contribution in [0.3, 0.4) is 0 Å². The Morgan fingerprint density at radius 1 is 0.889 bits per heavy atom. The zero-order valence-electron chi connectivity index (χ0n) is 14.9. The van der Waals surface area contributed by atoms with Crippen LogP contribution < -0.4 is 11.5 Å². The highest BCUT2D eigenvalue weighted by Crippen LogP contribution is 2.25. The number of nitrogens with zero attached hydrogens (tertiary/aromatic N) is 2. The molecule has 27 heavy (non-hydrogen) atoms. The van der Waals surface area contributed by atoms with E-state index in [1.54, 1.807) is 0 Å². The monoisotopic (exact) mass is 356 g/mol. The molecule has 0 aliphatic carbocycles. The second kappa shape index (κ2) is 7.03. The van der Waals surface area contributed by atoms with Crippen LogP contribution in [0.25, 0.3) is 21.7 Å². The van der Waals surface area contributed by atoms with Crippen LogP contribution in [0.2, 0.25) is 0 Å². The van der Waals surface area contributed by atoms with Crippen LogP contribution in [0, 0.1) is 0 Å². The first-order valence-electron chi connectivity index (χ1n) is 8.95. The predicted octanol–water partition coefficient (Wildman–Crippen LogP) is 3.64. The third-order valence-corrected chi connectivity index (χ3v) is 4.87. The summed E-state index contributed by atoms with van der Waals surface area (Å²) in [6.45, 7) is 0. The van der Waals surface area contributed by atoms with Gasteiger partial charge in [-0.3, -0.25) is 4.79 Å². The van der Waals surface area contributed by atoms with Crippen molar-refractivity contribution in [3.63, 3.8) is 0 Å². The van der Waals surface area contributed by atoms with Gasteiger partial charge in [0.15, 0.2) is 5.69 Å². The van der Waals surface area contributed by atoms with E-state index in [1.165, 1.54) is 16.3 Å². The molecule has 5 heteroatoms. The highest BCUT2D eigenvalue weighted by Gasteiger charge is 2.14. The van der Waals surface area contributed by atoms with Crippen LogP contribution in [-0.4, -0.2) is 16.1 Å². The topological polar surface area (TPSA) is 94.9 Å². The highest BCUT2D eigenvalue weighted by molar-refractivity contribution is 6.04. The zero-order valence-corrected chi connectivity index (χ0v) is 14.9. The molecule has 1 aromatic heterocycles. The summed E-state index contributed by atoms with van der Waals surface area (Å²) in [5.74, 6) is -0.663. The zero-order chi connectivity index (χ0) is 18.8. The fraction of sp³-hybridized carbons (Fsp3) is 0.136. The lowest BCUT2D eigenvalue weighted by molar-refractivity contribution is 0.0996. The molecule has 0 saturated carbocycles. The molecule has 4 N–H and O–H groups in total. The number of nitrogen functional groups attached to an aromatic ring is 1. The molecule has 0 radical (unpaired) electrons. The Morgan fingerprint density at radius 3 is 2.52 bits per heavy atom. The lowest BCUT2D eigenvalue weighted by Gasteiger charge is -2.09. The maximum Gasteiger partial charge on any atom is 0.271 e. The van der Waals surface area contributed by atoms with E-state index in [0.29, 0.717) is 5.69 Å². The third kappa shape index (κ3) is 3.31. The van der Waals surface area contributed by atoms with E-state index in [1.807, 2.05) is 18.2 Å². The molecule has 0 bridgehead atoms. The van der Waals surface area contributed by atoms with Gasteiger partial charge < -0.3 is 11.5 Å². The molecule has 4 rings (SSSR count). The second-order valence-corrected chi connectivity index (χ2v) is 6.67. The number of benzene rings is 3. The maximum atomic E-state index is 11.4. The molecule has 1 heterocycles. The summed E-state index contributed by atoms with van der Waals surface area (Å²) in [4.78, 5) is 11.4. The van der Waals surface area contributed by atoms with Crippen molar-refractivity contribution in [3.8, 4) is 0 Å². The number of fused-ring (bicyclic) bond motifs is 2. The van der Waals surface area contributed by atoms with Crippen LogP contribution in [0.15, 0.2) is 60.7 Å². The highest BCUT2D eigenvalue weighted by atomic mass is 16.1. The molecule has 0 unspecified atom stereocenters. The van der Waals surface area contributed by atoms with Crippen molar-refractivity contribution in [2.24, 2.45) is 5.73 Å². The number of amides is 1. The molecule has 0 aliphatic heterocycles. The van der Waals surface area contributed by atoms with E-state index >= 15 is 0 Å². The van der Waals surface area contributed by atoms with Crippen LogP contribution >= 0.6 is 0 Å². The Morgan fingerprint density at radius 2 is 1.70 bits per heavy atom. The van der Waals surface area contributed by atoms with Gasteiger partial charge in [0, 0.05) is 5.39 Å². The van der Waals surface area contributed by atoms with Gasteiger partial charge >= 0.3 is 0 Å². The Balaban J connectivity index is 1.54. The summed E-state index contributed by atoms with van der Waals surface area (Å²) in [6, 6.07) is 20.8. The lowest BCUT2D eigenvalue weighted by atomic mass is 9.99. The smallest absolute Gasteiger partial charge is 0.271 e. The van der Waals surface area contributed by atoms with Crippen LogP contribution in [0.4, 0.5) is 5.69 Å². The number of aromatic nitrogens is 2. The molecule has 0 aliphatic rings. The molecule has 0 saturated heterocycles. The minimum atomic E-state index is -0.663. The van der Waals surface area contributed by atoms with Crippen LogP contribution in [0.5, 0.6) is 0 Å². The van der Waals surface area contributed by atoms with Gasteiger partial charge in [0.25, 0.3) is 5.91 Å². The molecule has 3 aromatic carbocycles. The van der Waals surface area contributed by atoms with Crippen LogP contribution in [0.1, 0.15) is 28.0 Å². The quantitative estimate of drug-likeness (QED) is 0.571. The molecule has 1 amide bonds. The molecular formula is C22H20N4O. The SMILES string of the molecule is NC(=O)c1nnc2c(CCCc3ccc4ccccc4c3)cccc2c1N. The molecule has 0 spiro atoms. The van der Waals surface area contributed by atoms with Crippen molar-refractivity contribution >= 4 is 33.3 Å². The molecular weight excluding hydrogens is 336 g/mol. The Labute approximate surface area is 157 Å².